The maximum atomic E-state index is 12.8. The van der Waals surface area contributed by atoms with Crippen molar-refractivity contribution in [1.82, 2.24) is 35.2 Å². The average Bonchev–Trinajstić information content (AvgIpc) is 4.02. The van der Waals surface area contributed by atoms with Gasteiger partial charge in [-0.2, -0.15) is 0 Å². The number of rotatable bonds is 11. The molecule has 15 nitrogen and oxygen atoms in total. The van der Waals surface area contributed by atoms with Gasteiger partial charge in [0.1, 0.15) is 34.3 Å². The molecule has 9 rings (SSSR count). The zero-order valence-corrected chi connectivity index (χ0v) is 46.9. The molecule has 2 aliphatic heterocycles. The van der Waals surface area contributed by atoms with E-state index in [1.165, 1.54) is 34.9 Å². The summed E-state index contributed by atoms with van der Waals surface area (Å²) in [5.74, 6) is 2.93. The Balaban J connectivity index is 0.000000309. The number of Topliss-reactive ketones (excluding diaryl/α,β-unsaturated/α-hetero) is 2. The molecule has 0 saturated carbocycles. The highest BCUT2D eigenvalue weighted by molar-refractivity contribution is 9.10. The molecule has 3 aromatic carbocycles. The number of ketones is 2. The Kier molecular flexibility index (Phi) is 25.7. The lowest BCUT2D eigenvalue weighted by molar-refractivity contribution is 0.0988. The molecule has 0 radical (unpaired) electrons. The Morgan fingerprint density at radius 1 is 0.697 bits per heavy atom. The van der Waals surface area contributed by atoms with Gasteiger partial charge in [0.2, 0.25) is 0 Å². The van der Waals surface area contributed by atoms with Gasteiger partial charge in [-0.1, -0.05) is 132 Å². The number of carbonyl (C=O) groups is 2. The maximum absolute atomic E-state index is 12.8. The number of halogens is 5. The Bertz CT molecular complexity index is 3040. The van der Waals surface area contributed by atoms with Gasteiger partial charge in [0, 0.05) is 52.6 Å². The van der Waals surface area contributed by atoms with Crippen LogP contribution in [0.2, 0.25) is 20.2 Å². The van der Waals surface area contributed by atoms with E-state index >= 15 is 0 Å². The van der Waals surface area contributed by atoms with Gasteiger partial charge in [0.05, 0.1) is 47.8 Å². The Labute approximate surface area is 486 Å². The van der Waals surface area contributed by atoms with E-state index in [1.54, 1.807) is 43.5 Å². The third kappa shape index (κ3) is 19.9. The molecule has 6 heterocycles. The third-order valence-electron chi connectivity index (χ3n) is 11.3. The van der Waals surface area contributed by atoms with E-state index < -0.39 is 0 Å². The number of hydrogen-bond donors (Lipinski definition) is 6. The minimum atomic E-state index is -0.248. The predicted molar refractivity (Wildman–Crippen MR) is 322 cm³/mol. The molecule has 2 fully saturated rings. The number of nitrogens with two attached hydrogens (primary N) is 1. The van der Waals surface area contributed by atoms with Crippen LogP contribution in [0.15, 0.2) is 77.5 Å². The van der Waals surface area contributed by atoms with Crippen LogP contribution in [0.1, 0.15) is 110 Å². The fraction of sp³-hybridized carbons (Fsp3) is 0.370. The van der Waals surface area contributed by atoms with E-state index in [1.807, 2.05) is 39.8 Å². The van der Waals surface area contributed by atoms with E-state index in [0.717, 1.165) is 90.0 Å². The Hall–Kier alpha value is -4.86. The second kappa shape index (κ2) is 31.5. The van der Waals surface area contributed by atoms with Gasteiger partial charge < -0.3 is 36.8 Å². The molecule has 76 heavy (non-hydrogen) atoms. The molecule has 4 aromatic heterocycles. The van der Waals surface area contributed by atoms with Gasteiger partial charge in [-0.3, -0.25) is 9.59 Å². The van der Waals surface area contributed by atoms with Gasteiger partial charge in [-0.15, -0.1) is 0 Å². The monoisotopic (exact) mass is 1220 g/mol. The first kappa shape index (κ1) is 62.0. The van der Waals surface area contributed by atoms with Crippen molar-refractivity contribution in [3.8, 4) is 0 Å². The average molecular weight is 1220 g/mol. The molecule has 22 heteroatoms. The Morgan fingerprint density at radius 2 is 1.17 bits per heavy atom. The van der Waals surface area contributed by atoms with Gasteiger partial charge in [0.15, 0.2) is 21.8 Å². The molecule has 0 spiro atoms. The normalized spacial score (nSPS) is 13.5. The van der Waals surface area contributed by atoms with E-state index in [9.17, 15) is 14.7 Å². The first-order valence-corrected chi connectivity index (χ1v) is 27.0. The molecule has 2 aliphatic rings. The van der Waals surface area contributed by atoms with E-state index in [0.29, 0.717) is 81.3 Å². The summed E-state index contributed by atoms with van der Waals surface area (Å²) >= 11 is 29.9. The highest BCUT2D eigenvalue weighted by Crippen LogP contribution is 2.30. The number of anilines is 6. The fourth-order valence-corrected chi connectivity index (χ4v) is 10.6. The van der Waals surface area contributed by atoms with Crippen LogP contribution in [0.25, 0.3) is 0 Å². The fourth-order valence-electron chi connectivity index (χ4n) is 7.28. The number of hydrogen-bond acceptors (Lipinski definition) is 17. The van der Waals surface area contributed by atoms with E-state index in [2.05, 4.69) is 66.7 Å². The third-order valence-corrected chi connectivity index (χ3v) is 14.8. The first-order chi connectivity index (χ1) is 35.6. The zero-order valence-electron chi connectivity index (χ0n) is 42.6. The predicted octanol–water partition coefficient (Wildman–Crippen LogP) is 14.0. The molecule has 2 saturated heterocycles. The summed E-state index contributed by atoms with van der Waals surface area (Å²) in [7, 11) is 0. The molecule has 7 aromatic rings. The van der Waals surface area contributed by atoms with Crippen molar-refractivity contribution >= 4 is 130 Å². The van der Waals surface area contributed by atoms with Gasteiger partial charge >= 0.3 is 0 Å². The Morgan fingerprint density at radius 3 is 1.62 bits per heavy atom. The SMILES string of the molecule is C.C.C.Cc1cc(Br)cc(Cl)c1N.OC1CCNCC1.[2H]c1cc(C)c(CC(=O)c2cnc(Nc3cc(Cl)nc(C)n3)s2)c(Cl)c1.[2H]c1cc(C)c(CC(=O)c2cnc(Nc3cc(N4CCC(O)CC4)nc(C)n3)s2)c(Cl)c1. The molecule has 0 bridgehead atoms. The number of thiazole rings is 2. The molecule has 7 N–H and O–H groups in total. The molecule has 0 aliphatic carbocycles. The van der Waals surface area contributed by atoms with Crippen molar-refractivity contribution < 1.29 is 22.5 Å². The lowest BCUT2D eigenvalue weighted by Crippen LogP contribution is -2.36. The minimum absolute atomic E-state index is 0. The van der Waals surface area contributed by atoms with Crippen molar-refractivity contribution in [1.29, 1.82) is 0 Å². The topological polar surface area (TPSA) is 217 Å². The van der Waals surface area contributed by atoms with E-state index in [4.69, 9.17) is 60.0 Å². The molecular weight excluding hydrogens is 1150 g/mol. The molecule has 0 atom stereocenters. The molecule has 0 unspecified atom stereocenters. The summed E-state index contributed by atoms with van der Waals surface area (Å²) in [5, 5.41) is 30.9. The van der Waals surface area contributed by atoms with Crippen molar-refractivity contribution in [3.63, 3.8) is 0 Å². The highest BCUT2D eigenvalue weighted by atomic mass is 79.9. The van der Waals surface area contributed by atoms with Crippen molar-refractivity contribution in [2.75, 3.05) is 47.4 Å². The summed E-state index contributed by atoms with van der Waals surface area (Å²) in [6.07, 6.45) is 6.42. The maximum Gasteiger partial charge on any atom is 0.188 e. The smallest absolute Gasteiger partial charge is 0.188 e. The quantitative estimate of drug-likeness (QED) is 0.0403. The number of aromatic nitrogens is 6. The summed E-state index contributed by atoms with van der Waals surface area (Å²) in [5.41, 5.74) is 10.4. The van der Waals surface area contributed by atoms with Crippen LogP contribution in [-0.4, -0.2) is 90.1 Å². The summed E-state index contributed by atoms with van der Waals surface area (Å²) in [6.45, 7) is 12.7. The number of nitrogens with one attached hydrogen (secondary N) is 3. The van der Waals surface area contributed by atoms with Crippen LogP contribution in [0.3, 0.4) is 0 Å². The standard InChI is InChI=1S/C22H24ClN5O2S.C17H14Cl2N4OS.C7H7BrClN.C5H11NO.3CH4/c1-13-4-3-5-17(23)16(13)10-18(30)19-12-24-22(31-19)27-20-11-21(26-14(2)25-20)28-8-6-15(29)7-9-28;1-9-4-3-5-12(18)11(9)6-13(24)14-8-20-17(25-14)23-16-7-15(19)21-10(2)22-16;1-4-2-5(8)3-6(9)7(4)10;7-5-1-3-6-4-2-5;;;/h3-5,11-12,15,29H,6-10H2,1-2H3,(H,24,25,26,27);3-5,7-8H,6H2,1-2H3,(H,20,21,22,23);2-3H,10H2,1H3;5-7H,1-4H2;3*1H4/i2*3D;;;;;. The van der Waals surface area contributed by atoms with Gasteiger partial charge in [-0.05, 0) is 125 Å². The number of nitrogens with zero attached hydrogens (tertiary/aromatic N) is 7. The van der Waals surface area contributed by atoms with Gasteiger partial charge in [-0.25, -0.2) is 29.9 Å². The molecule has 0 amide bonds. The lowest BCUT2D eigenvalue weighted by atomic mass is 10.0. The van der Waals surface area contributed by atoms with Crippen molar-refractivity contribution in [2.24, 2.45) is 0 Å². The van der Waals surface area contributed by atoms with Crippen LogP contribution in [0, 0.1) is 34.6 Å². The summed E-state index contributed by atoms with van der Waals surface area (Å²) in [4.78, 5) is 54.3. The van der Waals surface area contributed by atoms with E-state index in [-0.39, 0.29) is 58.9 Å². The minimum Gasteiger partial charge on any atom is -0.397 e. The number of aryl methyl sites for hydroxylation is 5. The van der Waals surface area contributed by atoms with Crippen LogP contribution < -0.4 is 26.6 Å². The number of aliphatic hydroxyl groups is 2. The number of nitrogen functional groups attached to an aromatic ring is 1. The highest BCUT2D eigenvalue weighted by Gasteiger charge is 2.21. The zero-order chi connectivity index (χ0) is 54.5. The van der Waals surface area contributed by atoms with Crippen LogP contribution in [0.4, 0.5) is 33.4 Å². The van der Waals surface area contributed by atoms with Crippen molar-refractivity contribution in [2.45, 2.75) is 108 Å². The van der Waals surface area contributed by atoms with Crippen LogP contribution >= 0.6 is 85.0 Å². The number of benzene rings is 3. The number of piperidine rings is 2. The number of aliphatic hydroxyl groups excluding tert-OH is 2. The first-order valence-electron chi connectivity index (χ1n) is 24.0. The van der Waals surface area contributed by atoms with Crippen LogP contribution in [-0.2, 0) is 12.8 Å². The second-order valence-electron chi connectivity index (χ2n) is 17.0. The largest absolute Gasteiger partial charge is 0.397 e. The summed E-state index contributed by atoms with van der Waals surface area (Å²) in [6, 6.07) is 14.3. The molecular formula is C54H68BrCl4N11O4S2. The van der Waals surface area contributed by atoms with Gasteiger partial charge in [0.25, 0.3) is 0 Å². The summed E-state index contributed by atoms with van der Waals surface area (Å²) < 4.78 is 16.3. The lowest BCUT2D eigenvalue weighted by Gasteiger charge is -2.30. The second-order valence-corrected chi connectivity index (χ2v) is 21.6. The van der Waals surface area contributed by atoms with Crippen LogP contribution in [0.5, 0.6) is 0 Å². The van der Waals surface area contributed by atoms with Crippen molar-refractivity contribution in [3.05, 3.63) is 147 Å². The number of carbonyl (C=O) groups excluding carboxylic acids is 2. The molecule has 410 valence electrons.